The van der Waals surface area contributed by atoms with E-state index in [0.717, 1.165) is 10.9 Å². The molecule has 0 spiro atoms. The predicted molar refractivity (Wildman–Crippen MR) is 96.1 cm³/mol. The molecule has 0 radical (unpaired) electrons. The van der Waals surface area contributed by atoms with Crippen LogP contribution in [-0.4, -0.2) is 27.8 Å². The van der Waals surface area contributed by atoms with Crippen LogP contribution in [0.3, 0.4) is 0 Å². The molecule has 1 aliphatic heterocycles. The van der Waals surface area contributed by atoms with Crippen LogP contribution in [0.2, 0.25) is 10.0 Å². The molecule has 1 aliphatic rings. The van der Waals surface area contributed by atoms with E-state index in [0.29, 0.717) is 33.5 Å². The van der Waals surface area contributed by atoms with Crippen LogP contribution in [0.15, 0.2) is 36.5 Å². The molecule has 1 unspecified atom stereocenters. The lowest BCUT2D eigenvalue weighted by molar-refractivity contribution is -0.118. The van der Waals surface area contributed by atoms with Gasteiger partial charge in [0.15, 0.2) is 0 Å². The molecule has 0 fully saturated rings. The third kappa shape index (κ3) is 3.06. The lowest BCUT2D eigenvalue weighted by Crippen LogP contribution is -2.47. The highest BCUT2D eigenvalue weighted by molar-refractivity contribution is 6.31. The summed E-state index contributed by atoms with van der Waals surface area (Å²) in [5.74, 6) is -0.660. The molecule has 0 saturated carbocycles. The van der Waals surface area contributed by atoms with Crippen molar-refractivity contribution in [2.24, 2.45) is 0 Å². The smallest absolute Gasteiger partial charge is 0.268 e. The highest BCUT2D eigenvalue weighted by atomic mass is 35.5. The lowest BCUT2D eigenvalue weighted by Gasteiger charge is -2.25. The molecule has 3 N–H and O–H groups in total. The van der Waals surface area contributed by atoms with E-state index in [9.17, 15) is 9.59 Å². The molecule has 6 nitrogen and oxygen atoms in total. The zero-order chi connectivity index (χ0) is 17.6. The van der Waals surface area contributed by atoms with Gasteiger partial charge in [0.2, 0.25) is 5.91 Å². The highest BCUT2D eigenvalue weighted by Gasteiger charge is 2.28. The second kappa shape index (κ2) is 6.06. The average molecular weight is 375 g/mol. The number of fused-ring (bicyclic) bond motifs is 2. The van der Waals surface area contributed by atoms with Gasteiger partial charge < -0.3 is 15.6 Å². The summed E-state index contributed by atoms with van der Waals surface area (Å²) < 4.78 is 0. The molecular weight excluding hydrogens is 363 g/mol. The molecule has 126 valence electrons. The first-order valence-corrected chi connectivity index (χ1v) is 8.29. The number of hydrogen-bond donors (Lipinski definition) is 3. The van der Waals surface area contributed by atoms with Crippen LogP contribution < -0.4 is 10.6 Å². The Bertz CT molecular complexity index is 1020. The van der Waals surface area contributed by atoms with Crippen molar-refractivity contribution in [1.82, 2.24) is 15.3 Å². The summed E-state index contributed by atoms with van der Waals surface area (Å²) in [5, 5.41) is 7.26. The van der Waals surface area contributed by atoms with Crippen LogP contribution in [-0.2, 0) is 11.2 Å². The summed E-state index contributed by atoms with van der Waals surface area (Å²) in [6, 6.07) is 7.99. The zero-order valence-corrected chi connectivity index (χ0v) is 14.3. The summed E-state index contributed by atoms with van der Waals surface area (Å²) in [6.07, 6.45) is 1.90. The molecule has 0 aliphatic carbocycles. The Hall–Kier alpha value is -2.57. The first-order chi connectivity index (χ1) is 12.0. The van der Waals surface area contributed by atoms with E-state index in [1.807, 2.05) is 6.07 Å². The van der Waals surface area contributed by atoms with Crippen LogP contribution in [0.5, 0.6) is 0 Å². The Morgan fingerprint density at radius 1 is 1.20 bits per heavy atom. The van der Waals surface area contributed by atoms with Crippen molar-refractivity contribution in [3.63, 3.8) is 0 Å². The van der Waals surface area contributed by atoms with Gasteiger partial charge in [0.1, 0.15) is 17.4 Å². The van der Waals surface area contributed by atoms with Crippen LogP contribution >= 0.6 is 23.2 Å². The molecule has 1 atom stereocenters. The number of amides is 2. The molecule has 1 aromatic carbocycles. The van der Waals surface area contributed by atoms with Crippen LogP contribution in [0.4, 0.5) is 5.69 Å². The van der Waals surface area contributed by atoms with Gasteiger partial charge >= 0.3 is 0 Å². The highest BCUT2D eigenvalue weighted by Crippen LogP contribution is 2.26. The summed E-state index contributed by atoms with van der Waals surface area (Å²) in [5.41, 5.74) is 2.47. The number of pyridine rings is 1. The second-order valence-electron chi connectivity index (χ2n) is 5.80. The van der Waals surface area contributed by atoms with Gasteiger partial charge in [-0.3, -0.25) is 9.59 Å². The van der Waals surface area contributed by atoms with E-state index in [4.69, 9.17) is 23.2 Å². The number of aromatic amines is 1. The topological polar surface area (TPSA) is 86.9 Å². The van der Waals surface area contributed by atoms with E-state index in [1.165, 1.54) is 6.20 Å². The number of carbonyl (C=O) groups is 2. The molecule has 0 saturated heterocycles. The Morgan fingerprint density at radius 2 is 2.04 bits per heavy atom. The number of nitrogens with one attached hydrogen (secondary N) is 3. The summed E-state index contributed by atoms with van der Waals surface area (Å²) >= 11 is 11.8. The predicted octanol–water partition coefficient (Wildman–Crippen LogP) is 3.16. The van der Waals surface area contributed by atoms with Crippen molar-refractivity contribution in [3.05, 3.63) is 57.8 Å². The fourth-order valence-corrected chi connectivity index (χ4v) is 3.18. The molecule has 4 rings (SSSR count). The summed E-state index contributed by atoms with van der Waals surface area (Å²) in [6.45, 7) is 0. The van der Waals surface area contributed by atoms with Gasteiger partial charge in [-0.05, 0) is 29.8 Å². The fourth-order valence-electron chi connectivity index (χ4n) is 2.84. The second-order valence-corrected chi connectivity index (χ2v) is 6.67. The maximum absolute atomic E-state index is 12.5. The van der Waals surface area contributed by atoms with Crippen molar-refractivity contribution in [2.45, 2.75) is 12.5 Å². The number of nitrogens with zero attached hydrogens (tertiary/aromatic N) is 1. The fraction of sp³-hybridized carbons (Fsp3) is 0.118. The minimum atomic E-state index is -0.663. The van der Waals surface area contributed by atoms with Crippen LogP contribution in [0.25, 0.3) is 11.0 Å². The standard InChI is InChI=1S/C17H12Cl2N4O2/c18-10-2-1-8-4-14(17(25)22-12(8)6-10)23-16(24)13-5-9-3-11(19)7-20-15(9)21-13/h1-3,5-7,14H,4H2,(H,20,21)(H,22,25)(H,23,24). The summed E-state index contributed by atoms with van der Waals surface area (Å²) in [7, 11) is 0. The molecule has 2 amide bonds. The maximum atomic E-state index is 12.5. The Morgan fingerprint density at radius 3 is 2.88 bits per heavy atom. The molecule has 8 heteroatoms. The quantitative estimate of drug-likeness (QED) is 0.643. The largest absolute Gasteiger partial charge is 0.339 e. The normalized spacial score (nSPS) is 16.4. The monoisotopic (exact) mass is 374 g/mol. The minimum Gasteiger partial charge on any atom is -0.339 e. The van der Waals surface area contributed by atoms with Gasteiger partial charge in [0.05, 0.1) is 5.02 Å². The van der Waals surface area contributed by atoms with Gasteiger partial charge in [0, 0.05) is 28.7 Å². The van der Waals surface area contributed by atoms with Crippen molar-refractivity contribution in [3.8, 4) is 0 Å². The zero-order valence-electron chi connectivity index (χ0n) is 12.8. The van der Waals surface area contributed by atoms with Gasteiger partial charge in [0.25, 0.3) is 5.91 Å². The van der Waals surface area contributed by atoms with Crippen molar-refractivity contribution >= 4 is 51.7 Å². The van der Waals surface area contributed by atoms with Crippen LogP contribution in [0, 0.1) is 0 Å². The number of hydrogen-bond acceptors (Lipinski definition) is 3. The number of anilines is 1. The average Bonchev–Trinajstić information content (AvgIpc) is 2.99. The Balaban J connectivity index is 1.55. The van der Waals surface area contributed by atoms with Crippen molar-refractivity contribution in [2.75, 3.05) is 5.32 Å². The number of carbonyl (C=O) groups excluding carboxylic acids is 2. The van der Waals surface area contributed by atoms with Gasteiger partial charge in [-0.1, -0.05) is 29.3 Å². The van der Waals surface area contributed by atoms with E-state index >= 15 is 0 Å². The molecule has 0 bridgehead atoms. The Labute approximate surface area is 152 Å². The SMILES string of the molecule is O=C(NC1Cc2ccc(Cl)cc2NC1=O)c1cc2cc(Cl)cnc2[nH]1. The maximum Gasteiger partial charge on any atom is 0.268 e. The van der Waals surface area contributed by atoms with Crippen LogP contribution in [0.1, 0.15) is 16.1 Å². The molecule has 25 heavy (non-hydrogen) atoms. The first-order valence-electron chi connectivity index (χ1n) is 7.54. The van der Waals surface area contributed by atoms with E-state index < -0.39 is 6.04 Å². The number of benzene rings is 1. The molecular formula is C17H12Cl2N4O2. The number of aromatic nitrogens is 2. The first kappa shape index (κ1) is 15.9. The van der Waals surface area contributed by atoms with Crippen molar-refractivity contribution < 1.29 is 9.59 Å². The molecule has 3 aromatic rings. The van der Waals surface area contributed by atoms with Crippen molar-refractivity contribution in [1.29, 1.82) is 0 Å². The van der Waals surface area contributed by atoms with Gasteiger partial charge in [-0.2, -0.15) is 0 Å². The van der Waals surface area contributed by atoms with Gasteiger partial charge in [-0.25, -0.2) is 4.98 Å². The number of halogens is 2. The molecule has 3 heterocycles. The third-order valence-corrected chi connectivity index (χ3v) is 4.50. The minimum absolute atomic E-state index is 0.277. The molecule has 2 aromatic heterocycles. The van der Waals surface area contributed by atoms with E-state index in [2.05, 4.69) is 20.6 Å². The summed E-state index contributed by atoms with van der Waals surface area (Å²) in [4.78, 5) is 31.8. The third-order valence-electron chi connectivity index (χ3n) is 4.06. The lowest BCUT2D eigenvalue weighted by atomic mass is 9.99. The number of rotatable bonds is 2. The van der Waals surface area contributed by atoms with Gasteiger partial charge in [-0.15, -0.1) is 0 Å². The Kier molecular flexibility index (Phi) is 3.86. The number of H-pyrrole nitrogens is 1. The van der Waals surface area contributed by atoms with E-state index in [1.54, 1.807) is 24.3 Å². The van der Waals surface area contributed by atoms with E-state index in [-0.39, 0.29) is 11.8 Å².